The van der Waals surface area contributed by atoms with Crippen molar-refractivity contribution in [2.45, 2.75) is 52.4 Å². The number of fused-ring (bicyclic) bond motifs is 1. The first-order valence-corrected chi connectivity index (χ1v) is 6.98. The van der Waals surface area contributed by atoms with E-state index in [4.69, 9.17) is 0 Å². The number of ketones is 1. The van der Waals surface area contributed by atoms with Crippen molar-refractivity contribution in [3.8, 4) is 0 Å². The van der Waals surface area contributed by atoms with Gasteiger partial charge in [-0.05, 0) is 60.8 Å². The van der Waals surface area contributed by atoms with Crippen LogP contribution in [-0.2, 0) is 17.6 Å². The van der Waals surface area contributed by atoms with Crippen LogP contribution < -0.4 is 0 Å². The quantitative estimate of drug-likeness (QED) is 0.802. The number of carbonyl (C=O) groups excluding carboxylic acids is 1. The smallest absolute Gasteiger partial charge is 0.156 e. The molecule has 2 aliphatic rings. The summed E-state index contributed by atoms with van der Waals surface area (Å²) in [4.78, 5) is 15.4. The average molecular weight is 243 g/mol. The van der Waals surface area contributed by atoms with Crippen LogP contribution in [-0.4, -0.2) is 10.8 Å². The first-order chi connectivity index (χ1) is 8.53. The van der Waals surface area contributed by atoms with Crippen LogP contribution in [0.25, 0.3) is 5.57 Å². The third kappa shape index (κ3) is 2.16. The molecule has 1 aromatic heterocycles. The Labute approximate surface area is 108 Å². The van der Waals surface area contributed by atoms with Crippen LogP contribution >= 0.6 is 0 Å². The molecule has 0 bridgehead atoms. The van der Waals surface area contributed by atoms with E-state index in [1.807, 2.05) is 6.08 Å². The Morgan fingerprint density at radius 2 is 1.94 bits per heavy atom. The molecule has 0 fully saturated rings. The molecule has 1 heterocycles. The van der Waals surface area contributed by atoms with Gasteiger partial charge in [-0.2, -0.15) is 0 Å². The van der Waals surface area contributed by atoms with Crippen molar-refractivity contribution in [2.24, 2.45) is 5.41 Å². The minimum absolute atomic E-state index is 0.104. The van der Waals surface area contributed by atoms with Crippen LogP contribution in [0, 0.1) is 5.41 Å². The lowest BCUT2D eigenvalue weighted by molar-refractivity contribution is -0.116. The molecule has 1 aromatic rings. The molecule has 0 aliphatic heterocycles. The second kappa shape index (κ2) is 4.11. The number of hydrogen-bond acceptors (Lipinski definition) is 1. The largest absolute Gasteiger partial charge is 0.358 e. The van der Waals surface area contributed by atoms with Crippen molar-refractivity contribution in [1.82, 2.24) is 4.98 Å². The molecule has 96 valence electrons. The summed E-state index contributed by atoms with van der Waals surface area (Å²) in [6.07, 6.45) is 8.47. The van der Waals surface area contributed by atoms with E-state index in [2.05, 4.69) is 24.9 Å². The van der Waals surface area contributed by atoms with Gasteiger partial charge in [-0.1, -0.05) is 13.8 Å². The highest BCUT2D eigenvalue weighted by atomic mass is 16.1. The van der Waals surface area contributed by atoms with Gasteiger partial charge in [0.15, 0.2) is 5.78 Å². The van der Waals surface area contributed by atoms with Crippen LogP contribution in [0.3, 0.4) is 0 Å². The Morgan fingerprint density at radius 1 is 1.17 bits per heavy atom. The maximum Gasteiger partial charge on any atom is 0.156 e. The van der Waals surface area contributed by atoms with Gasteiger partial charge in [0.05, 0.1) is 0 Å². The number of nitrogens with one attached hydrogen (secondary N) is 1. The molecular formula is C16H21NO. The standard InChI is InChI=1S/C16H21NO/c1-16(2)9-12(7-13(18)10-16)15-8-11-5-3-4-6-14(11)17-15/h7-8,17H,3-6,9-10H2,1-2H3. The zero-order valence-electron chi connectivity index (χ0n) is 11.3. The summed E-state index contributed by atoms with van der Waals surface area (Å²) < 4.78 is 0. The van der Waals surface area contributed by atoms with Gasteiger partial charge in [0.2, 0.25) is 0 Å². The number of allylic oxidation sites excluding steroid dienone is 2. The van der Waals surface area contributed by atoms with Gasteiger partial charge in [-0.15, -0.1) is 0 Å². The predicted molar refractivity (Wildman–Crippen MR) is 73.4 cm³/mol. The summed E-state index contributed by atoms with van der Waals surface area (Å²) in [6.45, 7) is 4.36. The van der Waals surface area contributed by atoms with E-state index in [1.54, 1.807) is 0 Å². The van der Waals surface area contributed by atoms with Crippen molar-refractivity contribution < 1.29 is 4.79 Å². The van der Waals surface area contributed by atoms with Gasteiger partial charge in [0, 0.05) is 17.8 Å². The number of carbonyl (C=O) groups is 1. The number of hydrogen-bond donors (Lipinski definition) is 1. The fraction of sp³-hybridized carbons (Fsp3) is 0.562. The Bertz CT molecular complexity index is 496. The van der Waals surface area contributed by atoms with Gasteiger partial charge in [0.1, 0.15) is 0 Å². The second-order valence-corrected chi connectivity index (χ2v) is 6.55. The summed E-state index contributed by atoms with van der Waals surface area (Å²) in [5.41, 5.74) is 5.35. The number of aromatic amines is 1. The van der Waals surface area contributed by atoms with Gasteiger partial charge in [-0.3, -0.25) is 4.79 Å². The van der Waals surface area contributed by atoms with Gasteiger partial charge < -0.3 is 4.98 Å². The number of rotatable bonds is 1. The van der Waals surface area contributed by atoms with E-state index in [0.29, 0.717) is 6.42 Å². The predicted octanol–water partition coefficient (Wildman–Crippen LogP) is 3.67. The van der Waals surface area contributed by atoms with E-state index < -0.39 is 0 Å². The van der Waals surface area contributed by atoms with Crippen molar-refractivity contribution in [1.29, 1.82) is 0 Å². The monoisotopic (exact) mass is 243 g/mol. The number of aromatic nitrogens is 1. The molecule has 3 rings (SSSR count). The van der Waals surface area contributed by atoms with E-state index in [1.165, 1.54) is 48.2 Å². The summed E-state index contributed by atoms with van der Waals surface area (Å²) >= 11 is 0. The molecule has 0 atom stereocenters. The third-order valence-corrected chi connectivity index (χ3v) is 4.12. The zero-order chi connectivity index (χ0) is 12.8. The molecule has 0 unspecified atom stereocenters. The van der Waals surface area contributed by atoms with Crippen molar-refractivity contribution in [2.75, 3.05) is 0 Å². The van der Waals surface area contributed by atoms with Crippen LogP contribution in [0.15, 0.2) is 12.1 Å². The molecule has 2 nitrogen and oxygen atoms in total. The molecule has 2 aliphatic carbocycles. The molecule has 2 heteroatoms. The summed E-state index contributed by atoms with van der Waals surface area (Å²) in [7, 11) is 0. The van der Waals surface area contributed by atoms with E-state index in [-0.39, 0.29) is 11.2 Å². The number of aryl methyl sites for hydroxylation is 2. The molecular weight excluding hydrogens is 222 g/mol. The Morgan fingerprint density at radius 3 is 2.67 bits per heavy atom. The van der Waals surface area contributed by atoms with Crippen LogP contribution in [0.2, 0.25) is 0 Å². The topological polar surface area (TPSA) is 32.9 Å². The summed E-state index contributed by atoms with van der Waals surface area (Å²) in [5.74, 6) is 0.272. The van der Waals surface area contributed by atoms with Crippen molar-refractivity contribution in [3.63, 3.8) is 0 Å². The van der Waals surface area contributed by atoms with Crippen LogP contribution in [0.1, 0.15) is 56.5 Å². The van der Waals surface area contributed by atoms with Gasteiger partial charge in [0.25, 0.3) is 0 Å². The average Bonchev–Trinajstić information content (AvgIpc) is 2.69. The first-order valence-electron chi connectivity index (χ1n) is 6.98. The molecule has 1 N–H and O–H groups in total. The van der Waals surface area contributed by atoms with E-state index in [9.17, 15) is 4.79 Å². The zero-order valence-corrected chi connectivity index (χ0v) is 11.3. The Hall–Kier alpha value is -1.31. The SMILES string of the molecule is CC1(C)CC(=O)C=C(c2cc3c([nH]2)CCCC3)C1. The molecule has 0 spiro atoms. The molecule has 0 saturated heterocycles. The highest BCUT2D eigenvalue weighted by molar-refractivity contribution is 5.98. The van der Waals surface area contributed by atoms with E-state index >= 15 is 0 Å². The van der Waals surface area contributed by atoms with Crippen LogP contribution in [0.4, 0.5) is 0 Å². The lowest BCUT2D eigenvalue weighted by Gasteiger charge is -2.28. The summed E-state index contributed by atoms with van der Waals surface area (Å²) in [5, 5.41) is 0. The minimum Gasteiger partial charge on any atom is -0.358 e. The lowest BCUT2D eigenvalue weighted by atomic mass is 9.76. The highest BCUT2D eigenvalue weighted by Crippen LogP contribution is 2.38. The van der Waals surface area contributed by atoms with Crippen molar-refractivity contribution in [3.05, 3.63) is 29.1 Å². The van der Waals surface area contributed by atoms with Gasteiger partial charge >= 0.3 is 0 Å². The molecule has 0 aromatic carbocycles. The minimum atomic E-state index is 0.104. The normalized spacial score (nSPS) is 22.6. The molecule has 0 radical (unpaired) electrons. The molecule has 0 saturated carbocycles. The molecule has 0 amide bonds. The number of H-pyrrole nitrogens is 1. The maximum atomic E-state index is 11.8. The lowest BCUT2D eigenvalue weighted by Crippen LogP contribution is -2.21. The first kappa shape index (κ1) is 11.8. The second-order valence-electron chi connectivity index (χ2n) is 6.55. The van der Waals surface area contributed by atoms with Gasteiger partial charge in [-0.25, -0.2) is 0 Å². The fourth-order valence-electron chi connectivity index (χ4n) is 3.30. The highest BCUT2D eigenvalue weighted by Gasteiger charge is 2.29. The summed E-state index contributed by atoms with van der Waals surface area (Å²) in [6, 6.07) is 2.27. The Kier molecular flexibility index (Phi) is 2.69. The Balaban J connectivity index is 1.95. The molecule has 18 heavy (non-hydrogen) atoms. The third-order valence-electron chi connectivity index (χ3n) is 4.12. The van der Waals surface area contributed by atoms with Crippen molar-refractivity contribution >= 4 is 11.4 Å². The van der Waals surface area contributed by atoms with E-state index in [0.717, 1.165) is 6.42 Å². The fourth-order valence-corrected chi connectivity index (χ4v) is 3.30. The van der Waals surface area contributed by atoms with Crippen LogP contribution in [0.5, 0.6) is 0 Å². The maximum absolute atomic E-state index is 11.8.